The third kappa shape index (κ3) is 4.35. The minimum atomic E-state index is -3.11. The lowest BCUT2D eigenvalue weighted by atomic mass is 9.97. The van der Waals surface area contributed by atoms with Crippen molar-refractivity contribution in [3.05, 3.63) is 24.0 Å². The van der Waals surface area contributed by atoms with Crippen LogP contribution >= 0.6 is 0 Å². The van der Waals surface area contributed by atoms with Gasteiger partial charge >= 0.3 is 6.61 Å². The number of nitrogens with one attached hydrogen (secondary N) is 1. The molecular weight excluding hydrogens is 287 g/mol. The van der Waals surface area contributed by atoms with E-state index in [4.69, 9.17) is 0 Å². The van der Waals surface area contributed by atoms with Gasteiger partial charge in [-0.1, -0.05) is 12.8 Å². The maximum absolute atomic E-state index is 13.5. The number of hydrogen-bond donors (Lipinski definition) is 2. The van der Waals surface area contributed by atoms with E-state index in [-0.39, 0.29) is 12.1 Å². The van der Waals surface area contributed by atoms with E-state index in [1.807, 2.05) is 0 Å². The molecule has 4 nitrogen and oxygen atoms in total. The number of ether oxygens (including phenoxy) is 1. The molecule has 0 heterocycles. The SMILES string of the molecule is O=C(CC1(O)CCCC1)Nc1ccc(OC(F)F)c(F)c1. The highest BCUT2D eigenvalue weighted by Crippen LogP contribution is 2.32. The zero-order chi connectivity index (χ0) is 15.5. The van der Waals surface area contributed by atoms with Crippen LogP contribution in [0.2, 0.25) is 0 Å². The maximum atomic E-state index is 13.5. The van der Waals surface area contributed by atoms with Gasteiger partial charge in [-0.25, -0.2) is 4.39 Å². The summed E-state index contributed by atoms with van der Waals surface area (Å²) in [4.78, 5) is 11.8. The van der Waals surface area contributed by atoms with Crippen molar-refractivity contribution in [2.24, 2.45) is 0 Å². The van der Waals surface area contributed by atoms with E-state index in [9.17, 15) is 23.1 Å². The molecule has 1 fully saturated rings. The standard InChI is InChI=1S/C14H16F3NO3/c15-10-7-9(3-4-11(10)21-13(16)17)18-12(19)8-14(20)5-1-2-6-14/h3-4,7,13,20H,1-2,5-6,8H2,(H,18,19). The summed E-state index contributed by atoms with van der Waals surface area (Å²) in [7, 11) is 0. The van der Waals surface area contributed by atoms with Crippen molar-refractivity contribution < 1.29 is 27.8 Å². The Balaban J connectivity index is 1.96. The molecule has 1 saturated carbocycles. The van der Waals surface area contributed by atoms with Crippen LogP contribution in [0.5, 0.6) is 5.75 Å². The predicted molar refractivity (Wildman–Crippen MR) is 69.7 cm³/mol. The Morgan fingerprint density at radius 3 is 2.62 bits per heavy atom. The van der Waals surface area contributed by atoms with Gasteiger partial charge in [0.2, 0.25) is 5.91 Å². The number of benzene rings is 1. The van der Waals surface area contributed by atoms with Crippen LogP contribution in [0, 0.1) is 5.82 Å². The molecule has 21 heavy (non-hydrogen) atoms. The van der Waals surface area contributed by atoms with Crippen LogP contribution in [-0.2, 0) is 4.79 Å². The van der Waals surface area contributed by atoms with Crippen LogP contribution in [0.25, 0.3) is 0 Å². The van der Waals surface area contributed by atoms with Gasteiger partial charge in [-0.05, 0) is 25.0 Å². The fourth-order valence-electron chi connectivity index (χ4n) is 2.48. The van der Waals surface area contributed by atoms with Crippen molar-refractivity contribution in [3.8, 4) is 5.75 Å². The molecule has 116 valence electrons. The molecule has 0 radical (unpaired) electrons. The summed E-state index contributed by atoms with van der Waals surface area (Å²) in [6.45, 7) is -3.11. The Bertz CT molecular complexity index is 516. The molecule has 0 bridgehead atoms. The number of alkyl halides is 2. The Hall–Kier alpha value is -1.76. The Morgan fingerprint density at radius 2 is 2.05 bits per heavy atom. The van der Waals surface area contributed by atoms with Gasteiger partial charge in [-0.2, -0.15) is 8.78 Å². The highest BCUT2D eigenvalue weighted by atomic mass is 19.3. The molecule has 7 heteroatoms. The number of halogens is 3. The summed E-state index contributed by atoms with van der Waals surface area (Å²) >= 11 is 0. The van der Waals surface area contributed by atoms with Crippen LogP contribution < -0.4 is 10.1 Å². The van der Waals surface area contributed by atoms with E-state index in [1.54, 1.807) is 0 Å². The minimum Gasteiger partial charge on any atom is -0.432 e. The smallest absolute Gasteiger partial charge is 0.387 e. The second kappa shape index (κ2) is 6.34. The van der Waals surface area contributed by atoms with Gasteiger partial charge in [0.15, 0.2) is 11.6 Å². The van der Waals surface area contributed by atoms with E-state index in [0.29, 0.717) is 12.8 Å². The molecule has 0 atom stereocenters. The molecule has 0 unspecified atom stereocenters. The first-order chi connectivity index (χ1) is 9.88. The van der Waals surface area contributed by atoms with Crippen LogP contribution in [0.1, 0.15) is 32.1 Å². The number of aliphatic hydroxyl groups is 1. The van der Waals surface area contributed by atoms with Crippen molar-refractivity contribution in [1.82, 2.24) is 0 Å². The highest BCUT2D eigenvalue weighted by Gasteiger charge is 2.33. The highest BCUT2D eigenvalue weighted by molar-refractivity contribution is 5.91. The quantitative estimate of drug-likeness (QED) is 0.879. The molecule has 1 aliphatic rings. The summed E-state index contributed by atoms with van der Waals surface area (Å²) < 4.78 is 41.4. The zero-order valence-corrected chi connectivity index (χ0v) is 11.2. The van der Waals surface area contributed by atoms with Crippen molar-refractivity contribution in [2.45, 2.75) is 44.3 Å². The Morgan fingerprint density at radius 1 is 1.38 bits per heavy atom. The summed E-state index contributed by atoms with van der Waals surface area (Å²) in [6, 6.07) is 3.17. The molecule has 1 amide bonds. The van der Waals surface area contributed by atoms with Crippen molar-refractivity contribution in [1.29, 1.82) is 0 Å². The average molecular weight is 303 g/mol. The molecule has 0 aromatic heterocycles. The Labute approximate surface area is 119 Å². The number of anilines is 1. The molecule has 2 rings (SSSR count). The van der Waals surface area contributed by atoms with Gasteiger partial charge in [0, 0.05) is 11.8 Å². The summed E-state index contributed by atoms with van der Waals surface area (Å²) in [6.07, 6.45) is 2.81. The van der Waals surface area contributed by atoms with Gasteiger partial charge in [-0.3, -0.25) is 4.79 Å². The number of hydrogen-bond acceptors (Lipinski definition) is 3. The van der Waals surface area contributed by atoms with Crippen molar-refractivity contribution in [3.63, 3.8) is 0 Å². The Kier molecular flexibility index (Phi) is 4.72. The van der Waals surface area contributed by atoms with E-state index in [0.717, 1.165) is 25.0 Å². The molecule has 0 spiro atoms. The number of carbonyl (C=O) groups excluding carboxylic acids is 1. The lowest BCUT2D eigenvalue weighted by Crippen LogP contribution is -2.30. The third-order valence-corrected chi connectivity index (χ3v) is 3.46. The van der Waals surface area contributed by atoms with Crippen LogP contribution in [-0.4, -0.2) is 23.2 Å². The number of rotatable bonds is 5. The normalized spacial score (nSPS) is 17.0. The van der Waals surface area contributed by atoms with E-state index < -0.39 is 29.7 Å². The number of amides is 1. The van der Waals surface area contributed by atoms with Crippen LogP contribution in [0.15, 0.2) is 18.2 Å². The lowest BCUT2D eigenvalue weighted by Gasteiger charge is -2.21. The van der Waals surface area contributed by atoms with E-state index in [1.165, 1.54) is 6.07 Å². The molecule has 0 saturated heterocycles. The second-order valence-corrected chi connectivity index (χ2v) is 5.18. The second-order valence-electron chi connectivity index (χ2n) is 5.18. The van der Waals surface area contributed by atoms with Crippen molar-refractivity contribution >= 4 is 11.6 Å². The fraction of sp³-hybridized carbons (Fsp3) is 0.500. The van der Waals surface area contributed by atoms with Gasteiger partial charge in [0.1, 0.15) is 0 Å². The van der Waals surface area contributed by atoms with E-state index in [2.05, 4.69) is 10.1 Å². The van der Waals surface area contributed by atoms with Gasteiger partial charge in [0.25, 0.3) is 0 Å². The largest absolute Gasteiger partial charge is 0.432 e. The number of carbonyl (C=O) groups is 1. The van der Waals surface area contributed by atoms with Crippen molar-refractivity contribution in [2.75, 3.05) is 5.32 Å². The first-order valence-electron chi connectivity index (χ1n) is 6.65. The van der Waals surface area contributed by atoms with E-state index >= 15 is 0 Å². The van der Waals surface area contributed by atoms with Gasteiger partial charge in [0.05, 0.1) is 12.0 Å². The predicted octanol–water partition coefficient (Wildman–Crippen LogP) is 3.06. The molecule has 0 aliphatic heterocycles. The molecule has 2 N–H and O–H groups in total. The van der Waals surface area contributed by atoms with Crippen LogP contribution in [0.3, 0.4) is 0 Å². The molecule has 1 aromatic carbocycles. The monoisotopic (exact) mass is 303 g/mol. The first kappa shape index (κ1) is 15.6. The summed E-state index contributed by atoms with van der Waals surface area (Å²) in [5.41, 5.74) is -0.873. The molecule has 1 aliphatic carbocycles. The summed E-state index contributed by atoms with van der Waals surface area (Å²) in [5.74, 6) is -2.02. The molecule has 1 aromatic rings. The summed E-state index contributed by atoms with van der Waals surface area (Å²) in [5, 5.41) is 12.5. The lowest BCUT2D eigenvalue weighted by molar-refractivity contribution is -0.120. The molecular formula is C14H16F3NO3. The third-order valence-electron chi connectivity index (χ3n) is 3.46. The fourth-order valence-corrected chi connectivity index (χ4v) is 2.48. The van der Waals surface area contributed by atoms with Gasteiger partial charge in [-0.15, -0.1) is 0 Å². The first-order valence-corrected chi connectivity index (χ1v) is 6.65. The van der Waals surface area contributed by atoms with Crippen LogP contribution in [0.4, 0.5) is 18.9 Å². The zero-order valence-electron chi connectivity index (χ0n) is 11.2. The van der Waals surface area contributed by atoms with Gasteiger partial charge < -0.3 is 15.2 Å². The average Bonchev–Trinajstić information content (AvgIpc) is 2.78. The maximum Gasteiger partial charge on any atom is 0.387 e. The topological polar surface area (TPSA) is 58.6 Å². The minimum absolute atomic E-state index is 0.0656.